The number of nitrogens with zero attached hydrogens (tertiary/aromatic N) is 2. The van der Waals surface area contributed by atoms with Crippen LogP contribution in [0.1, 0.15) is 68.6 Å². The van der Waals surface area contributed by atoms with Crippen LogP contribution in [0.15, 0.2) is 36.4 Å². The highest BCUT2D eigenvalue weighted by Gasteiger charge is 2.36. The molecule has 3 fully saturated rings. The van der Waals surface area contributed by atoms with E-state index in [2.05, 4.69) is 27.4 Å². The maximum Gasteiger partial charge on any atom is 0.251 e. The van der Waals surface area contributed by atoms with Crippen molar-refractivity contribution in [1.29, 1.82) is 0 Å². The van der Waals surface area contributed by atoms with E-state index in [0.717, 1.165) is 68.7 Å². The molecule has 1 unspecified atom stereocenters. The van der Waals surface area contributed by atoms with Gasteiger partial charge in [-0.05, 0) is 98.5 Å². The zero-order valence-electron chi connectivity index (χ0n) is 22.8. The van der Waals surface area contributed by atoms with Gasteiger partial charge in [-0.3, -0.25) is 9.59 Å². The summed E-state index contributed by atoms with van der Waals surface area (Å²) in [5.74, 6) is 1.58. The number of rotatable bonds is 10. The van der Waals surface area contributed by atoms with E-state index in [1.54, 1.807) is 0 Å². The minimum atomic E-state index is -0.191. The van der Waals surface area contributed by atoms with Gasteiger partial charge in [0, 0.05) is 42.8 Å². The van der Waals surface area contributed by atoms with Crippen molar-refractivity contribution >= 4 is 34.2 Å². The Bertz CT molecular complexity index is 1110. The molecule has 2 amide bonds. The number of carbonyl (C=O) groups excluding carboxylic acids is 2. The van der Waals surface area contributed by atoms with Crippen LogP contribution in [-0.2, 0) is 4.79 Å². The number of benzene rings is 2. The van der Waals surface area contributed by atoms with Crippen molar-refractivity contribution in [3.8, 4) is 0 Å². The third-order valence-electron chi connectivity index (χ3n) is 8.82. The van der Waals surface area contributed by atoms with Crippen molar-refractivity contribution in [2.75, 3.05) is 39.3 Å². The Kier molecular flexibility index (Phi) is 9.24. The van der Waals surface area contributed by atoms with E-state index in [0.29, 0.717) is 23.0 Å². The van der Waals surface area contributed by atoms with Crippen molar-refractivity contribution in [1.82, 2.24) is 20.4 Å². The molecule has 38 heavy (non-hydrogen) atoms. The SMILES string of the molecule is CCC(CN1CC[C@H](CNC(=O)c2ccc3cc(Cl)ccc3c2)N[C@H](CCN2CCCCC2)C1=O)C1CC1. The van der Waals surface area contributed by atoms with Crippen molar-refractivity contribution < 1.29 is 9.59 Å². The minimum absolute atomic E-state index is 0.0690. The monoisotopic (exact) mass is 538 g/mol. The molecule has 0 bridgehead atoms. The second-order valence-electron chi connectivity index (χ2n) is 11.6. The molecule has 2 N–H and O–H groups in total. The lowest BCUT2D eigenvalue weighted by atomic mass is 9.99. The molecule has 6 nitrogen and oxygen atoms in total. The number of piperidine rings is 1. The molecular formula is C31H43ClN4O2. The van der Waals surface area contributed by atoms with Gasteiger partial charge in [-0.1, -0.05) is 43.5 Å². The molecule has 2 aromatic rings. The molecule has 1 aliphatic carbocycles. The first-order chi connectivity index (χ1) is 18.5. The van der Waals surface area contributed by atoms with E-state index < -0.39 is 0 Å². The number of halogens is 1. The molecule has 206 valence electrons. The number of amides is 2. The van der Waals surface area contributed by atoms with Gasteiger partial charge in [0.1, 0.15) is 0 Å². The van der Waals surface area contributed by atoms with E-state index in [4.69, 9.17) is 11.6 Å². The number of likely N-dealkylation sites (tertiary alicyclic amines) is 1. The third kappa shape index (κ3) is 7.08. The molecule has 2 aromatic carbocycles. The van der Waals surface area contributed by atoms with E-state index in [-0.39, 0.29) is 23.9 Å². The predicted molar refractivity (Wildman–Crippen MR) is 155 cm³/mol. The van der Waals surface area contributed by atoms with Crippen LogP contribution in [0.25, 0.3) is 10.8 Å². The van der Waals surface area contributed by atoms with Crippen LogP contribution in [0.5, 0.6) is 0 Å². The fraction of sp³-hybridized carbons (Fsp3) is 0.613. The van der Waals surface area contributed by atoms with Crippen LogP contribution < -0.4 is 10.6 Å². The van der Waals surface area contributed by atoms with Crippen LogP contribution in [0.2, 0.25) is 5.02 Å². The first kappa shape index (κ1) is 27.4. The largest absolute Gasteiger partial charge is 0.350 e. The highest BCUT2D eigenvalue weighted by molar-refractivity contribution is 6.31. The van der Waals surface area contributed by atoms with Crippen LogP contribution in [-0.4, -0.2) is 73.0 Å². The van der Waals surface area contributed by atoms with Gasteiger partial charge in [-0.15, -0.1) is 0 Å². The molecule has 3 aliphatic rings. The Hall–Kier alpha value is -2.15. The lowest BCUT2D eigenvalue weighted by molar-refractivity contribution is -0.133. The molecule has 1 saturated carbocycles. The van der Waals surface area contributed by atoms with Gasteiger partial charge in [0.15, 0.2) is 0 Å². The van der Waals surface area contributed by atoms with Crippen molar-refractivity contribution in [3.05, 3.63) is 47.0 Å². The summed E-state index contributed by atoms with van der Waals surface area (Å²) in [6.07, 6.45) is 9.27. The minimum Gasteiger partial charge on any atom is -0.350 e. The first-order valence-electron chi connectivity index (χ1n) is 14.7. The van der Waals surface area contributed by atoms with Crippen molar-refractivity contribution in [2.24, 2.45) is 11.8 Å². The highest BCUT2D eigenvalue weighted by atomic mass is 35.5. The topological polar surface area (TPSA) is 64.7 Å². The zero-order valence-corrected chi connectivity index (χ0v) is 23.5. The predicted octanol–water partition coefficient (Wildman–Crippen LogP) is 5.09. The van der Waals surface area contributed by atoms with E-state index >= 15 is 0 Å². The number of hydrogen-bond donors (Lipinski definition) is 2. The number of nitrogens with one attached hydrogen (secondary N) is 2. The highest BCUT2D eigenvalue weighted by Crippen LogP contribution is 2.39. The van der Waals surface area contributed by atoms with Gasteiger partial charge in [0.2, 0.25) is 5.91 Å². The molecule has 2 saturated heterocycles. The van der Waals surface area contributed by atoms with Gasteiger partial charge in [-0.2, -0.15) is 0 Å². The second kappa shape index (κ2) is 12.8. The van der Waals surface area contributed by atoms with Gasteiger partial charge in [0.25, 0.3) is 5.91 Å². The molecule has 3 atom stereocenters. The second-order valence-corrected chi connectivity index (χ2v) is 12.0. The summed E-state index contributed by atoms with van der Waals surface area (Å²) >= 11 is 6.11. The van der Waals surface area contributed by atoms with Crippen molar-refractivity contribution in [2.45, 2.75) is 70.4 Å². The van der Waals surface area contributed by atoms with Crippen LogP contribution in [0, 0.1) is 11.8 Å². The smallest absolute Gasteiger partial charge is 0.251 e. The number of hydrogen-bond acceptors (Lipinski definition) is 4. The molecule has 2 aliphatic heterocycles. The fourth-order valence-electron chi connectivity index (χ4n) is 6.26. The summed E-state index contributed by atoms with van der Waals surface area (Å²) in [5, 5.41) is 9.51. The molecular weight excluding hydrogens is 496 g/mol. The average molecular weight is 539 g/mol. The van der Waals surface area contributed by atoms with E-state index in [9.17, 15) is 9.59 Å². The van der Waals surface area contributed by atoms with Gasteiger partial charge >= 0.3 is 0 Å². The molecule has 2 heterocycles. The van der Waals surface area contributed by atoms with Gasteiger partial charge < -0.3 is 20.4 Å². The quantitative estimate of drug-likeness (QED) is 0.442. The summed E-state index contributed by atoms with van der Waals surface area (Å²) in [6, 6.07) is 11.3. The standard InChI is InChI=1S/C31H43ClN4O2/c1-2-22(23-6-7-23)21-36-17-12-28(34-29(31(36)38)13-16-35-14-4-3-5-15-35)20-33-30(37)26-9-8-25-19-27(32)11-10-24(25)18-26/h8-11,18-19,22-23,28-29,34H,2-7,12-17,20-21H2,1H3,(H,33,37)/t22?,28-,29-/m1/s1. The summed E-state index contributed by atoms with van der Waals surface area (Å²) < 4.78 is 0. The first-order valence-corrected chi connectivity index (χ1v) is 15.1. The summed E-state index contributed by atoms with van der Waals surface area (Å²) in [5.41, 5.74) is 0.642. The summed E-state index contributed by atoms with van der Waals surface area (Å²) in [6.45, 7) is 7.64. The molecule has 5 rings (SSSR count). The van der Waals surface area contributed by atoms with Crippen LogP contribution >= 0.6 is 11.6 Å². The van der Waals surface area contributed by atoms with Crippen LogP contribution in [0.3, 0.4) is 0 Å². The Morgan fingerprint density at radius 2 is 1.82 bits per heavy atom. The third-order valence-corrected chi connectivity index (χ3v) is 9.05. The lowest BCUT2D eigenvalue weighted by Crippen LogP contribution is -2.50. The zero-order chi connectivity index (χ0) is 26.5. The maximum atomic E-state index is 13.7. The average Bonchev–Trinajstić information content (AvgIpc) is 3.79. The van der Waals surface area contributed by atoms with E-state index in [1.807, 2.05) is 36.4 Å². The van der Waals surface area contributed by atoms with Gasteiger partial charge in [-0.25, -0.2) is 0 Å². The molecule has 0 radical (unpaired) electrons. The van der Waals surface area contributed by atoms with Gasteiger partial charge in [0.05, 0.1) is 6.04 Å². The summed E-state index contributed by atoms with van der Waals surface area (Å²) in [7, 11) is 0. The Morgan fingerprint density at radius 3 is 2.58 bits per heavy atom. The number of carbonyl (C=O) groups is 2. The molecule has 0 aromatic heterocycles. The number of fused-ring (bicyclic) bond motifs is 1. The van der Waals surface area contributed by atoms with Crippen LogP contribution in [0.4, 0.5) is 0 Å². The molecule has 7 heteroatoms. The van der Waals surface area contributed by atoms with E-state index in [1.165, 1.54) is 32.1 Å². The molecule has 0 spiro atoms. The normalized spacial score (nSPS) is 23.8. The Labute approximate surface area is 232 Å². The Morgan fingerprint density at radius 1 is 1.05 bits per heavy atom. The lowest BCUT2D eigenvalue weighted by Gasteiger charge is -2.31. The van der Waals surface area contributed by atoms with Crippen molar-refractivity contribution in [3.63, 3.8) is 0 Å². The maximum absolute atomic E-state index is 13.7. The summed E-state index contributed by atoms with van der Waals surface area (Å²) in [4.78, 5) is 31.4. The Balaban J connectivity index is 1.22. The fourth-order valence-corrected chi connectivity index (χ4v) is 6.44.